The average molecular weight is 255 g/mol. The number of nitrogens with zero attached hydrogens (tertiary/aromatic N) is 2. The first-order valence-corrected chi connectivity index (χ1v) is 6.99. The molecule has 1 aliphatic carbocycles. The molecule has 1 saturated carbocycles. The molecule has 0 aliphatic heterocycles. The van der Waals surface area contributed by atoms with E-state index in [0.29, 0.717) is 6.04 Å². The highest BCUT2D eigenvalue weighted by Gasteiger charge is 2.26. The number of benzene rings is 1. The van der Waals surface area contributed by atoms with Crippen molar-refractivity contribution in [1.29, 1.82) is 0 Å². The summed E-state index contributed by atoms with van der Waals surface area (Å²) < 4.78 is 0. The van der Waals surface area contributed by atoms with Gasteiger partial charge in [0, 0.05) is 30.7 Å². The van der Waals surface area contributed by atoms with E-state index in [9.17, 15) is 0 Å². The highest BCUT2D eigenvalue weighted by Crippen LogP contribution is 2.26. The summed E-state index contributed by atoms with van der Waals surface area (Å²) in [5, 5.41) is 1.22. The van der Waals surface area contributed by atoms with Crippen LogP contribution in [0.1, 0.15) is 18.4 Å². The molecule has 0 spiro atoms. The molecule has 3 rings (SSSR count). The Morgan fingerprint density at radius 3 is 2.84 bits per heavy atom. The summed E-state index contributed by atoms with van der Waals surface area (Å²) in [6, 6.07) is 11.0. The van der Waals surface area contributed by atoms with E-state index in [1.54, 1.807) is 0 Å². The largest absolute Gasteiger partial charge is 0.328 e. The SMILES string of the molecule is CN(Cc1cccc2cccnc12)CC1CC(N)C1. The van der Waals surface area contributed by atoms with Crippen molar-refractivity contribution in [2.45, 2.75) is 25.4 Å². The normalized spacial score (nSPS) is 22.7. The van der Waals surface area contributed by atoms with E-state index in [1.807, 2.05) is 12.3 Å². The highest BCUT2D eigenvalue weighted by atomic mass is 15.1. The van der Waals surface area contributed by atoms with Gasteiger partial charge in [0.15, 0.2) is 0 Å². The Labute approximate surface area is 114 Å². The van der Waals surface area contributed by atoms with Crippen molar-refractivity contribution in [1.82, 2.24) is 9.88 Å². The van der Waals surface area contributed by atoms with Crippen molar-refractivity contribution in [3.05, 3.63) is 42.1 Å². The van der Waals surface area contributed by atoms with Gasteiger partial charge in [-0.15, -0.1) is 0 Å². The summed E-state index contributed by atoms with van der Waals surface area (Å²) >= 11 is 0. The third-order valence-corrected chi connectivity index (χ3v) is 4.00. The average Bonchev–Trinajstić information content (AvgIpc) is 2.37. The lowest BCUT2D eigenvalue weighted by molar-refractivity contribution is 0.178. The minimum Gasteiger partial charge on any atom is -0.328 e. The van der Waals surface area contributed by atoms with Crippen LogP contribution in [0.15, 0.2) is 36.5 Å². The van der Waals surface area contributed by atoms with E-state index in [-0.39, 0.29) is 0 Å². The fraction of sp³-hybridized carbons (Fsp3) is 0.438. The molecule has 0 radical (unpaired) electrons. The third kappa shape index (κ3) is 2.77. The molecule has 1 aromatic heterocycles. The second-order valence-corrected chi connectivity index (χ2v) is 5.79. The summed E-state index contributed by atoms with van der Waals surface area (Å²) in [6.45, 7) is 2.09. The van der Waals surface area contributed by atoms with Crippen LogP contribution in [0.3, 0.4) is 0 Å². The Morgan fingerprint density at radius 1 is 1.26 bits per heavy atom. The molecule has 19 heavy (non-hydrogen) atoms. The second-order valence-electron chi connectivity index (χ2n) is 5.79. The number of rotatable bonds is 4. The van der Waals surface area contributed by atoms with Crippen LogP contribution in [0.25, 0.3) is 10.9 Å². The maximum atomic E-state index is 5.84. The van der Waals surface area contributed by atoms with Gasteiger partial charge >= 0.3 is 0 Å². The first kappa shape index (κ1) is 12.6. The minimum atomic E-state index is 0.442. The molecule has 100 valence electrons. The van der Waals surface area contributed by atoms with Gasteiger partial charge in [-0.2, -0.15) is 0 Å². The van der Waals surface area contributed by atoms with Crippen molar-refractivity contribution < 1.29 is 0 Å². The molecule has 3 nitrogen and oxygen atoms in total. The predicted molar refractivity (Wildman–Crippen MR) is 78.8 cm³/mol. The summed E-state index contributed by atoms with van der Waals surface area (Å²) in [7, 11) is 2.19. The molecule has 1 heterocycles. The summed E-state index contributed by atoms with van der Waals surface area (Å²) in [5.74, 6) is 0.780. The summed E-state index contributed by atoms with van der Waals surface area (Å²) in [4.78, 5) is 6.90. The Hall–Kier alpha value is -1.45. The van der Waals surface area contributed by atoms with Crippen LogP contribution in [0.4, 0.5) is 0 Å². The Kier molecular flexibility index (Phi) is 3.49. The molecule has 1 aliphatic rings. The van der Waals surface area contributed by atoms with E-state index in [2.05, 4.69) is 41.2 Å². The van der Waals surface area contributed by atoms with Gasteiger partial charge in [-0.25, -0.2) is 0 Å². The van der Waals surface area contributed by atoms with Gasteiger partial charge in [0.05, 0.1) is 5.52 Å². The lowest BCUT2D eigenvalue weighted by Gasteiger charge is -2.35. The number of pyridine rings is 1. The quantitative estimate of drug-likeness (QED) is 0.912. The molecule has 0 bridgehead atoms. The zero-order chi connectivity index (χ0) is 13.2. The van der Waals surface area contributed by atoms with E-state index in [1.165, 1.54) is 23.8 Å². The number of fused-ring (bicyclic) bond motifs is 1. The molecule has 1 aromatic carbocycles. The number of hydrogen-bond donors (Lipinski definition) is 1. The van der Waals surface area contributed by atoms with E-state index >= 15 is 0 Å². The van der Waals surface area contributed by atoms with Crippen LogP contribution in [0, 0.1) is 5.92 Å². The van der Waals surface area contributed by atoms with Gasteiger partial charge in [-0.3, -0.25) is 4.98 Å². The van der Waals surface area contributed by atoms with Crippen molar-refractivity contribution in [2.24, 2.45) is 11.7 Å². The molecule has 0 saturated heterocycles. The van der Waals surface area contributed by atoms with Gasteiger partial charge in [-0.1, -0.05) is 24.3 Å². The van der Waals surface area contributed by atoms with Gasteiger partial charge in [0.2, 0.25) is 0 Å². The fourth-order valence-corrected chi connectivity index (χ4v) is 3.03. The van der Waals surface area contributed by atoms with E-state index in [0.717, 1.165) is 24.5 Å². The predicted octanol–water partition coefficient (Wildman–Crippen LogP) is 2.40. The van der Waals surface area contributed by atoms with Crippen LogP contribution in [-0.2, 0) is 6.54 Å². The van der Waals surface area contributed by atoms with Crippen molar-refractivity contribution >= 4 is 10.9 Å². The van der Waals surface area contributed by atoms with E-state index in [4.69, 9.17) is 5.73 Å². The molecule has 0 unspecified atom stereocenters. The smallest absolute Gasteiger partial charge is 0.0746 e. The maximum absolute atomic E-state index is 5.84. The number of hydrogen-bond acceptors (Lipinski definition) is 3. The van der Waals surface area contributed by atoms with E-state index < -0.39 is 0 Å². The lowest BCUT2D eigenvalue weighted by Crippen LogP contribution is -2.41. The minimum absolute atomic E-state index is 0.442. The standard InChI is InChI=1S/C16H21N3/c1-19(10-12-8-15(17)9-12)11-14-5-2-4-13-6-3-7-18-16(13)14/h2-7,12,15H,8-11,17H2,1H3. The van der Waals surface area contributed by atoms with Gasteiger partial charge in [0.1, 0.15) is 0 Å². The van der Waals surface area contributed by atoms with Crippen LogP contribution in [0.2, 0.25) is 0 Å². The number of nitrogens with two attached hydrogens (primary N) is 1. The Balaban J connectivity index is 1.70. The fourth-order valence-electron chi connectivity index (χ4n) is 3.03. The molecule has 1 fully saturated rings. The second kappa shape index (κ2) is 5.27. The molecule has 0 amide bonds. The monoisotopic (exact) mass is 255 g/mol. The molecule has 3 heteroatoms. The zero-order valence-electron chi connectivity index (χ0n) is 11.4. The molecular weight excluding hydrogens is 234 g/mol. The van der Waals surface area contributed by atoms with Gasteiger partial charge in [0.25, 0.3) is 0 Å². The van der Waals surface area contributed by atoms with Gasteiger partial charge in [-0.05, 0) is 37.4 Å². The summed E-state index contributed by atoms with van der Waals surface area (Å²) in [5.41, 5.74) is 8.28. The first-order chi connectivity index (χ1) is 9.22. The number of para-hydroxylation sites is 1. The van der Waals surface area contributed by atoms with Crippen LogP contribution in [-0.4, -0.2) is 29.5 Å². The van der Waals surface area contributed by atoms with Crippen molar-refractivity contribution in [3.8, 4) is 0 Å². The van der Waals surface area contributed by atoms with Crippen LogP contribution in [0.5, 0.6) is 0 Å². The molecule has 0 atom stereocenters. The summed E-state index contributed by atoms with van der Waals surface area (Å²) in [6.07, 6.45) is 4.23. The zero-order valence-corrected chi connectivity index (χ0v) is 11.4. The Morgan fingerprint density at radius 2 is 2.05 bits per heavy atom. The van der Waals surface area contributed by atoms with Gasteiger partial charge < -0.3 is 10.6 Å². The van der Waals surface area contributed by atoms with Crippen LogP contribution < -0.4 is 5.73 Å². The Bertz CT molecular complexity index is 555. The van der Waals surface area contributed by atoms with Crippen molar-refractivity contribution in [2.75, 3.05) is 13.6 Å². The molecular formula is C16H21N3. The van der Waals surface area contributed by atoms with Crippen LogP contribution >= 0.6 is 0 Å². The van der Waals surface area contributed by atoms with Crippen molar-refractivity contribution in [3.63, 3.8) is 0 Å². The number of aromatic nitrogens is 1. The molecule has 2 N–H and O–H groups in total. The highest BCUT2D eigenvalue weighted by molar-refractivity contribution is 5.81. The lowest BCUT2D eigenvalue weighted by atomic mass is 9.80. The first-order valence-electron chi connectivity index (χ1n) is 6.99. The topological polar surface area (TPSA) is 42.2 Å². The maximum Gasteiger partial charge on any atom is 0.0746 e. The third-order valence-electron chi connectivity index (χ3n) is 4.00. The molecule has 2 aromatic rings.